The molecule has 0 rings (SSSR count). The fraction of sp³-hybridized carbons (Fsp3) is 0. The van der Waals surface area contributed by atoms with Gasteiger partial charge < -0.3 is 0 Å². The molecular formula is Cl9GeSi3. The summed E-state index contributed by atoms with van der Waals surface area (Å²) in [4.78, 5) is 0. The van der Waals surface area contributed by atoms with Crippen LogP contribution in [0.1, 0.15) is 0 Å². The minimum Gasteiger partial charge on any atom is -0.125 e. The van der Waals surface area contributed by atoms with Crippen LogP contribution in [0.5, 0.6) is 0 Å². The number of hydrogen-bond donors (Lipinski definition) is 0. The molecule has 0 aliphatic rings. The maximum absolute atomic E-state index is 4.91. The molecule has 0 aromatic carbocycles. The van der Waals surface area contributed by atoms with E-state index in [9.17, 15) is 0 Å². The third-order valence-electron chi connectivity index (χ3n) is 0. The minimum absolute atomic E-state index is 0. The summed E-state index contributed by atoms with van der Waals surface area (Å²) >= 11 is 44.2. The van der Waals surface area contributed by atoms with Crippen molar-refractivity contribution in [2.45, 2.75) is 0 Å². The summed E-state index contributed by atoms with van der Waals surface area (Å²) < 4.78 is 0. The van der Waals surface area contributed by atoms with E-state index in [1.807, 2.05) is 0 Å². The topological polar surface area (TPSA) is 0 Å². The zero-order chi connectivity index (χ0) is 10.7. The van der Waals surface area contributed by atoms with Gasteiger partial charge in [0.25, 0.3) is 0 Å². The molecule has 0 aromatic heterocycles. The Kier molecular flexibility index (Phi) is 41.6. The van der Waals surface area contributed by atoms with Crippen LogP contribution in [-0.4, -0.2) is 37.8 Å². The van der Waals surface area contributed by atoms with E-state index in [0.717, 1.165) is 0 Å². The third-order valence-corrected chi connectivity index (χ3v) is 0. The Hall–Kier alpha value is 3.80. The molecule has 0 aromatic rings. The third kappa shape index (κ3) is 208. The molecule has 0 amide bonds. The maximum Gasteiger partial charge on any atom is 0.376 e. The van der Waals surface area contributed by atoms with Crippen molar-refractivity contribution in [1.29, 1.82) is 0 Å². The van der Waals surface area contributed by atoms with Crippen molar-refractivity contribution in [3.05, 3.63) is 0 Å². The van der Waals surface area contributed by atoms with Gasteiger partial charge in [-0.2, -0.15) is 0 Å². The van der Waals surface area contributed by atoms with E-state index in [-0.39, 0.29) is 17.6 Å². The largest absolute Gasteiger partial charge is 0.376 e. The van der Waals surface area contributed by atoms with Crippen LogP contribution in [0.15, 0.2) is 0 Å². The van der Waals surface area contributed by atoms with Crippen LogP contribution in [0.2, 0.25) is 0 Å². The van der Waals surface area contributed by atoms with Gasteiger partial charge in [0.2, 0.25) is 0 Å². The van der Waals surface area contributed by atoms with Crippen LogP contribution >= 0.6 is 99.7 Å². The molecule has 0 spiro atoms. The van der Waals surface area contributed by atoms with Crippen molar-refractivity contribution in [3.63, 3.8) is 0 Å². The summed E-state index contributed by atoms with van der Waals surface area (Å²) in [7, 11) is 0. The summed E-state index contributed by atoms with van der Waals surface area (Å²) in [5, 5.41) is 0. The van der Waals surface area contributed by atoms with Gasteiger partial charge >= 0.3 is 20.2 Å². The van der Waals surface area contributed by atoms with Gasteiger partial charge in [-0.3, -0.25) is 0 Å². The van der Waals surface area contributed by atoms with Gasteiger partial charge in [0.15, 0.2) is 0 Å². The summed E-state index contributed by atoms with van der Waals surface area (Å²) in [6.07, 6.45) is 0. The van der Waals surface area contributed by atoms with Gasteiger partial charge in [0.05, 0.1) is 0 Å². The Morgan fingerprint density at radius 2 is 0.385 bits per heavy atom. The first-order valence-corrected chi connectivity index (χ1v) is 15.3. The Morgan fingerprint density at radius 1 is 0.385 bits per heavy atom. The summed E-state index contributed by atoms with van der Waals surface area (Å²) in [6.45, 7) is -4.39. The van der Waals surface area contributed by atoms with Crippen molar-refractivity contribution < 1.29 is 0 Å². The molecular weight excluding hydrogens is 476 g/mol. The Bertz CT molecular complexity index is 43.4. The van der Waals surface area contributed by atoms with Gasteiger partial charge in [-0.25, -0.2) is 0 Å². The molecule has 0 saturated heterocycles. The molecule has 13 heteroatoms. The number of halogens is 9. The molecule has 13 heavy (non-hydrogen) atoms. The van der Waals surface area contributed by atoms with Gasteiger partial charge in [0.1, 0.15) is 0 Å². The molecule has 0 N–H and O–H groups in total. The Labute approximate surface area is 135 Å². The van der Waals surface area contributed by atoms with Crippen molar-refractivity contribution in [2.75, 3.05) is 0 Å². The summed E-state index contributed by atoms with van der Waals surface area (Å²) in [5.74, 6) is 0. The molecule has 0 bridgehead atoms. The van der Waals surface area contributed by atoms with Crippen molar-refractivity contribution in [2.24, 2.45) is 0 Å². The molecule has 0 aliphatic heterocycles. The molecule has 7 radical (unpaired) electrons. The molecule has 0 fully saturated rings. The first-order valence-electron chi connectivity index (χ1n) is 1.70. The van der Waals surface area contributed by atoms with Crippen molar-refractivity contribution in [3.8, 4) is 0 Å². The fourth-order valence-corrected chi connectivity index (χ4v) is 0. The first kappa shape index (κ1) is 25.6. The van der Waals surface area contributed by atoms with E-state index in [0.29, 0.717) is 0 Å². The van der Waals surface area contributed by atoms with Crippen LogP contribution in [-0.2, 0) is 0 Å². The van der Waals surface area contributed by atoms with E-state index >= 15 is 0 Å². The van der Waals surface area contributed by atoms with Crippen LogP contribution in [0.25, 0.3) is 0 Å². The van der Waals surface area contributed by atoms with E-state index in [1.54, 1.807) is 0 Å². The fourth-order valence-electron chi connectivity index (χ4n) is 0. The molecule has 0 unspecified atom stereocenters. The van der Waals surface area contributed by atoms with Crippen molar-refractivity contribution in [1.82, 2.24) is 0 Å². The monoisotopic (exact) mass is 473 g/mol. The second-order valence-corrected chi connectivity index (χ2v) is 17.4. The van der Waals surface area contributed by atoms with E-state index in [1.165, 1.54) is 0 Å². The average molecular weight is 476 g/mol. The molecule has 0 atom stereocenters. The molecule has 0 aliphatic carbocycles. The van der Waals surface area contributed by atoms with Gasteiger partial charge in [0, 0.05) is 17.6 Å². The maximum atomic E-state index is 4.91. The van der Waals surface area contributed by atoms with Crippen LogP contribution in [0, 0.1) is 0 Å². The first-order chi connectivity index (χ1) is 5.20. The molecule has 0 heterocycles. The summed E-state index contributed by atoms with van der Waals surface area (Å²) in [6, 6.07) is 0. The quantitative estimate of drug-likeness (QED) is 0.352. The molecule has 79 valence electrons. The van der Waals surface area contributed by atoms with E-state index in [2.05, 4.69) is 0 Å². The molecule has 0 nitrogen and oxygen atoms in total. The predicted molar refractivity (Wildman–Crippen MR) is 75.7 cm³/mol. The van der Waals surface area contributed by atoms with Gasteiger partial charge in [-0.05, 0) is 0 Å². The van der Waals surface area contributed by atoms with E-state index in [4.69, 9.17) is 99.7 Å². The van der Waals surface area contributed by atoms with Gasteiger partial charge in [-0.15, -0.1) is 99.7 Å². The normalized spacial score (nSPS) is 8.31. The van der Waals surface area contributed by atoms with E-state index < -0.39 is 20.2 Å². The zero-order valence-corrected chi connectivity index (χ0v) is 17.3. The minimum atomic E-state index is -1.46. The smallest absolute Gasteiger partial charge is 0.125 e. The summed E-state index contributed by atoms with van der Waals surface area (Å²) in [5.41, 5.74) is 0. The predicted octanol–water partition coefficient (Wildman–Crippen LogP) is 4.68. The molecule has 0 saturated carbocycles. The number of hydrogen-bond acceptors (Lipinski definition) is 0. The van der Waals surface area contributed by atoms with Crippen LogP contribution in [0.4, 0.5) is 0 Å². The van der Waals surface area contributed by atoms with Gasteiger partial charge in [-0.1, -0.05) is 0 Å². The van der Waals surface area contributed by atoms with Crippen LogP contribution in [0.3, 0.4) is 0 Å². The SMILES string of the molecule is Cl[Si](Cl)Cl.Cl[Si](Cl)Cl.Cl[Si](Cl)Cl.[Ge]. The standard InChI is InChI=1S/3Cl3Si.Ge/c3*1-4(2)3;. The van der Waals surface area contributed by atoms with Crippen molar-refractivity contribution >= 4 is 137 Å². The van der Waals surface area contributed by atoms with Crippen LogP contribution < -0.4 is 0 Å². The number of rotatable bonds is 0. The average Bonchev–Trinajstić information content (AvgIpc) is 1.54. The second-order valence-electron chi connectivity index (χ2n) is 0.643. The second kappa shape index (κ2) is 21.1. The Morgan fingerprint density at radius 3 is 0.385 bits per heavy atom. The zero-order valence-electron chi connectivity index (χ0n) is 5.40. The Balaban J connectivity index is -0.0000000450.